The molecule has 1 N–H and O–H groups in total. The molecule has 1 heteroatoms. The molecule has 0 aromatic heterocycles. The molecule has 2 rings (SSSR count). The SMILES string of the molecule is Oc1ccc2c(c1)CCCC=C2. The van der Waals surface area contributed by atoms with Crippen molar-refractivity contribution in [2.75, 3.05) is 0 Å². The van der Waals surface area contributed by atoms with Gasteiger partial charge >= 0.3 is 0 Å². The van der Waals surface area contributed by atoms with Crippen LogP contribution in [0.4, 0.5) is 0 Å². The van der Waals surface area contributed by atoms with Crippen molar-refractivity contribution in [3.63, 3.8) is 0 Å². The van der Waals surface area contributed by atoms with Crippen LogP contribution in [0.3, 0.4) is 0 Å². The third kappa shape index (κ3) is 1.35. The van der Waals surface area contributed by atoms with E-state index < -0.39 is 0 Å². The predicted octanol–water partition coefficient (Wildman–Crippen LogP) is 2.74. The summed E-state index contributed by atoms with van der Waals surface area (Å²) in [6, 6.07) is 5.59. The summed E-state index contributed by atoms with van der Waals surface area (Å²) in [6.07, 6.45) is 7.75. The summed E-state index contributed by atoms with van der Waals surface area (Å²) in [4.78, 5) is 0. The fourth-order valence-electron chi connectivity index (χ4n) is 1.59. The molecule has 1 aromatic carbocycles. The van der Waals surface area contributed by atoms with Crippen LogP contribution >= 0.6 is 0 Å². The minimum atomic E-state index is 0.379. The number of phenols is 1. The Labute approximate surface area is 72.4 Å². The summed E-state index contributed by atoms with van der Waals surface area (Å²) >= 11 is 0. The summed E-state index contributed by atoms with van der Waals surface area (Å²) in [7, 11) is 0. The summed E-state index contributed by atoms with van der Waals surface area (Å²) in [5, 5.41) is 9.26. The van der Waals surface area contributed by atoms with Gasteiger partial charge in [-0.3, -0.25) is 0 Å². The van der Waals surface area contributed by atoms with Crippen LogP contribution in [0.1, 0.15) is 24.0 Å². The van der Waals surface area contributed by atoms with Crippen molar-refractivity contribution in [3.8, 4) is 5.75 Å². The molecule has 0 saturated carbocycles. The molecule has 0 radical (unpaired) electrons. The van der Waals surface area contributed by atoms with E-state index in [9.17, 15) is 5.11 Å². The minimum absolute atomic E-state index is 0.379. The average molecular weight is 160 g/mol. The van der Waals surface area contributed by atoms with Crippen molar-refractivity contribution in [1.29, 1.82) is 0 Å². The van der Waals surface area contributed by atoms with Gasteiger partial charge in [-0.1, -0.05) is 18.2 Å². The highest BCUT2D eigenvalue weighted by molar-refractivity contribution is 5.56. The van der Waals surface area contributed by atoms with Crippen LogP contribution in [0.5, 0.6) is 5.75 Å². The van der Waals surface area contributed by atoms with Gasteiger partial charge in [0.25, 0.3) is 0 Å². The van der Waals surface area contributed by atoms with E-state index in [1.165, 1.54) is 17.5 Å². The third-order valence-corrected chi connectivity index (χ3v) is 2.24. The van der Waals surface area contributed by atoms with Gasteiger partial charge in [-0.2, -0.15) is 0 Å². The number of rotatable bonds is 0. The average Bonchev–Trinajstić information content (AvgIpc) is 2.28. The van der Waals surface area contributed by atoms with E-state index in [1.807, 2.05) is 12.1 Å². The maximum Gasteiger partial charge on any atom is 0.115 e. The fourth-order valence-corrected chi connectivity index (χ4v) is 1.59. The molecule has 1 aliphatic carbocycles. The normalized spacial score (nSPS) is 15.3. The van der Waals surface area contributed by atoms with Crippen LogP contribution < -0.4 is 0 Å². The quantitative estimate of drug-likeness (QED) is 0.618. The van der Waals surface area contributed by atoms with Gasteiger partial charge in [0, 0.05) is 0 Å². The van der Waals surface area contributed by atoms with Gasteiger partial charge in [-0.05, 0) is 42.5 Å². The first-order valence-electron chi connectivity index (χ1n) is 4.35. The predicted molar refractivity (Wildman–Crippen MR) is 50.1 cm³/mol. The fraction of sp³-hybridized carbons (Fsp3) is 0.273. The molecule has 0 heterocycles. The number of hydrogen-bond acceptors (Lipinski definition) is 1. The summed E-state index contributed by atoms with van der Waals surface area (Å²) in [5.41, 5.74) is 2.52. The Morgan fingerprint density at radius 1 is 1.25 bits per heavy atom. The maximum atomic E-state index is 9.26. The smallest absolute Gasteiger partial charge is 0.115 e. The van der Waals surface area contributed by atoms with E-state index in [0.717, 1.165) is 12.8 Å². The maximum absolute atomic E-state index is 9.26. The van der Waals surface area contributed by atoms with Crippen LogP contribution in [-0.2, 0) is 6.42 Å². The molecule has 1 aromatic rings. The van der Waals surface area contributed by atoms with E-state index in [-0.39, 0.29) is 0 Å². The van der Waals surface area contributed by atoms with E-state index in [4.69, 9.17) is 0 Å². The van der Waals surface area contributed by atoms with Gasteiger partial charge in [-0.15, -0.1) is 0 Å². The summed E-state index contributed by atoms with van der Waals surface area (Å²) < 4.78 is 0. The van der Waals surface area contributed by atoms with Gasteiger partial charge in [0.1, 0.15) is 5.75 Å². The van der Waals surface area contributed by atoms with Crippen LogP contribution in [0.2, 0.25) is 0 Å². The summed E-state index contributed by atoms with van der Waals surface area (Å²) in [6.45, 7) is 0. The van der Waals surface area contributed by atoms with Crippen molar-refractivity contribution < 1.29 is 5.11 Å². The Balaban J connectivity index is 2.46. The van der Waals surface area contributed by atoms with Crippen LogP contribution in [0.15, 0.2) is 24.3 Å². The second kappa shape index (κ2) is 3.02. The topological polar surface area (TPSA) is 20.2 Å². The largest absolute Gasteiger partial charge is 0.508 e. The molecular weight excluding hydrogens is 148 g/mol. The Bertz CT molecular complexity index is 313. The van der Waals surface area contributed by atoms with Crippen LogP contribution in [0, 0.1) is 0 Å². The molecule has 0 saturated heterocycles. The van der Waals surface area contributed by atoms with Crippen molar-refractivity contribution >= 4 is 6.08 Å². The van der Waals surface area contributed by atoms with E-state index >= 15 is 0 Å². The van der Waals surface area contributed by atoms with E-state index in [0.29, 0.717) is 5.75 Å². The van der Waals surface area contributed by atoms with Gasteiger partial charge in [0.2, 0.25) is 0 Å². The van der Waals surface area contributed by atoms with Gasteiger partial charge in [0.05, 0.1) is 0 Å². The lowest BCUT2D eigenvalue weighted by Crippen LogP contribution is -1.86. The molecule has 0 spiro atoms. The number of aromatic hydroxyl groups is 1. The molecule has 1 aliphatic rings. The van der Waals surface area contributed by atoms with Crippen LogP contribution in [0.25, 0.3) is 6.08 Å². The molecule has 0 atom stereocenters. The molecule has 0 aliphatic heterocycles. The summed E-state index contributed by atoms with van der Waals surface area (Å²) in [5.74, 6) is 0.379. The highest BCUT2D eigenvalue weighted by Crippen LogP contribution is 2.22. The van der Waals surface area contributed by atoms with Gasteiger partial charge < -0.3 is 5.11 Å². The number of aryl methyl sites for hydroxylation is 1. The Kier molecular flexibility index (Phi) is 1.86. The van der Waals surface area contributed by atoms with Gasteiger partial charge in [-0.25, -0.2) is 0 Å². The second-order valence-corrected chi connectivity index (χ2v) is 3.18. The zero-order valence-electron chi connectivity index (χ0n) is 6.96. The molecule has 0 unspecified atom stereocenters. The molecule has 62 valence electrons. The lowest BCUT2D eigenvalue weighted by Gasteiger charge is -2.02. The minimum Gasteiger partial charge on any atom is -0.508 e. The Morgan fingerprint density at radius 2 is 2.17 bits per heavy atom. The number of hydrogen-bond donors (Lipinski definition) is 1. The lowest BCUT2D eigenvalue weighted by molar-refractivity contribution is 0.474. The first kappa shape index (κ1) is 7.41. The van der Waals surface area contributed by atoms with Gasteiger partial charge in [0.15, 0.2) is 0 Å². The van der Waals surface area contributed by atoms with Crippen molar-refractivity contribution in [2.24, 2.45) is 0 Å². The molecule has 1 nitrogen and oxygen atoms in total. The second-order valence-electron chi connectivity index (χ2n) is 3.18. The number of allylic oxidation sites excluding steroid dienone is 1. The third-order valence-electron chi connectivity index (χ3n) is 2.24. The van der Waals surface area contributed by atoms with E-state index in [2.05, 4.69) is 12.2 Å². The standard InChI is InChI=1S/C11H12O/c12-11-7-6-9-4-2-1-3-5-10(9)8-11/h2,4,6-8,12H,1,3,5H2. The zero-order valence-corrected chi connectivity index (χ0v) is 6.96. The monoisotopic (exact) mass is 160 g/mol. The lowest BCUT2D eigenvalue weighted by atomic mass is 10.0. The molecule has 0 amide bonds. The van der Waals surface area contributed by atoms with Crippen molar-refractivity contribution in [1.82, 2.24) is 0 Å². The number of benzene rings is 1. The Morgan fingerprint density at radius 3 is 3.08 bits per heavy atom. The Hall–Kier alpha value is -1.24. The number of phenolic OH excluding ortho intramolecular Hbond substituents is 1. The van der Waals surface area contributed by atoms with Crippen LogP contribution in [-0.4, -0.2) is 5.11 Å². The van der Waals surface area contributed by atoms with Crippen molar-refractivity contribution in [2.45, 2.75) is 19.3 Å². The molecular formula is C11H12O. The molecule has 0 fully saturated rings. The zero-order chi connectivity index (χ0) is 8.39. The first-order valence-corrected chi connectivity index (χ1v) is 4.35. The highest BCUT2D eigenvalue weighted by Gasteiger charge is 2.03. The highest BCUT2D eigenvalue weighted by atomic mass is 16.3. The number of fused-ring (bicyclic) bond motifs is 1. The first-order chi connectivity index (χ1) is 5.86. The van der Waals surface area contributed by atoms with E-state index in [1.54, 1.807) is 6.07 Å². The van der Waals surface area contributed by atoms with Crippen molar-refractivity contribution in [3.05, 3.63) is 35.4 Å². The molecule has 12 heavy (non-hydrogen) atoms. The molecule has 0 bridgehead atoms.